The molecule has 0 unspecified atom stereocenters. The Kier molecular flexibility index (Phi) is 3.17. The van der Waals surface area contributed by atoms with E-state index in [-0.39, 0.29) is 5.88 Å². The molecule has 0 spiro atoms. The van der Waals surface area contributed by atoms with E-state index >= 15 is 0 Å². The minimum absolute atomic E-state index is 0.251. The predicted molar refractivity (Wildman–Crippen MR) is 65.2 cm³/mol. The van der Waals surface area contributed by atoms with Crippen LogP contribution in [0.4, 0.5) is 5.69 Å². The molecule has 0 saturated heterocycles. The topological polar surface area (TPSA) is 48.1 Å². The second-order valence-electron chi connectivity index (χ2n) is 3.06. The van der Waals surface area contributed by atoms with Gasteiger partial charge in [0.1, 0.15) is 10.9 Å². The summed E-state index contributed by atoms with van der Waals surface area (Å²) in [4.78, 5) is 3.97. The molecule has 16 heavy (non-hydrogen) atoms. The number of nitrogens with zero attached hydrogens (tertiary/aromatic N) is 1. The first kappa shape index (κ1) is 11.0. The summed E-state index contributed by atoms with van der Waals surface area (Å²) in [5.41, 5.74) is 6.10. The van der Waals surface area contributed by atoms with Crippen molar-refractivity contribution in [2.75, 3.05) is 5.73 Å². The van der Waals surface area contributed by atoms with Gasteiger partial charge < -0.3 is 10.5 Å². The number of nitrogen functional groups attached to an aromatic ring is 1. The van der Waals surface area contributed by atoms with E-state index in [1.165, 1.54) is 0 Å². The summed E-state index contributed by atoms with van der Waals surface area (Å²) in [6.45, 7) is 0. The van der Waals surface area contributed by atoms with Crippen LogP contribution in [0.15, 0.2) is 36.4 Å². The number of para-hydroxylation sites is 1. The molecule has 2 aromatic rings. The quantitative estimate of drug-likeness (QED) is 0.831. The molecule has 0 amide bonds. The van der Waals surface area contributed by atoms with E-state index in [2.05, 4.69) is 4.98 Å². The Morgan fingerprint density at radius 3 is 2.56 bits per heavy atom. The molecule has 5 heteroatoms. The Bertz CT molecular complexity index is 517. The van der Waals surface area contributed by atoms with E-state index in [1.807, 2.05) is 12.1 Å². The largest absolute Gasteiger partial charge is 0.435 e. The minimum Gasteiger partial charge on any atom is -0.435 e. The Hall–Kier alpha value is -1.45. The van der Waals surface area contributed by atoms with Gasteiger partial charge in [-0.1, -0.05) is 35.3 Å². The summed E-state index contributed by atoms with van der Waals surface area (Å²) in [5.74, 6) is 0.742. The zero-order chi connectivity index (χ0) is 11.5. The second kappa shape index (κ2) is 4.60. The lowest BCUT2D eigenvalue weighted by molar-refractivity contribution is 0.466. The maximum Gasteiger partial charge on any atom is 0.244 e. The molecule has 1 aromatic carbocycles. The highest BCUT2D eigenvalue weighted by atomic mass is 35.5. The van der Waals surface area contributed by atoms with Gasteiger partial charge in [-0.25, -0.2) is 0 Å². The fourth-order valence-corrected chi connectivity index (χ4v) is 1.46. The van der Waals surface area contributed by atoms with E-state index in [0.29, 0.717) is 21.6 Å². The fraction of sp³-hybridized carbons (Fsp3) is 0. The van der Waals surface area contributed by atoms with Gasteiger partial charge in [0.25, 0.3) is 0 Å². The van der Waals surface area contributed by atoms with Crippen LogP contribution in [0, 0.1) is 0 Å². The summed E-state index contributed by atoms with van der Waals surface area (Å²) >= 11 is 11.7. The van der Waals surface area contributed by atoms with Gasteiger partial charge in [0.15, 0.2) is 0 Å². The van der Waals surface area contributed by atoms with E-state index in [9.17, 15) is 0 Å². The number of aromatic nitrogens is 1. The van der Waals surface area contributed by atoms with Gasteiger partial charge in [0, 0.05) is 0 Å². The highest BCUT2D eigenvalue weighted by Gasteiger charge is 2.07. The predicted octanol–water partition coefficient (Wildman–Crippen LogP) is 3.76. The lowest BCUT2D eigenvalue weighted by Gasteiger charge is -2.08. The molecule has 0 radical (unpaired) electrons. The molecular formula is C11H8Cl2N2O. The first-order chi connectivity index (χ1) is 7.66. The highest BCUT2D eigenvalue weighted by Crippen LogP contribution is 2.31. The van der Waals surface area contributed by atoms with Crippen molar-refractivity contribution in [1.82, 2.24) is 4.98 Å². The Morgan fingerprint density at radius 1 is 1.06 bits per heavy atom. The van der Waals surface area contributed by atoms with Crippen LogP contribution in [-0.2, 0) is 0 Å². The Balaban J connectivity index is 2.34. The summed E-state index contributed by atoms with van der Waals surface area (Å²) in [6.07, 6.45) is 0. The third-order valence-corrected chi connectivity index (χ3v) is 2.42. The van der Waals surface area contributed by atoms with Crippen molar-refractivity contribution >= 4 is 28.9 Å². The van der Waals surface area contributed by atoms with Gasteiger partial charge in [0.2, 0.25) is 5.88 Å². The molecule has 1 heterocycles. The molecule has 82 valence electrons. The third-order valence-electron chi connectivity index (χ3n) is 1.90. The number of benzene rings is 1. The van der Waals surface area contributed by atoms with Crippen LogP contribution in [0.1, 0.15) is 0 Å². The average molecular weight is 255 g/mol. The zero-order valence-electron chi connectivity index (χ0n) is 8.15. The summed E-state index contributed by atoms with van der Waals surface area (Å²) in [6, 6.07) is 10.3. The molecule has 0 atom stereocenters. The maximum atomic E-state index is 5.94. The summed E-state index contributed by atoms with van der Waals surface area (Å²) < 4.78 is 5.47. The number of hydrogen-bond acceptors (Lipinski definition) is 3. The van der Waals surface area contributed by atoms with Crippen molar-refractivity contribution in [3.8, 4) is 11.6 Å². The van der Waals surface area contributed by atoms with Crippen LogP contribution < -0.4 is 10.5 Å². The molecule has 0 saturated carbocycles. The molecule has 0 aliphatic rings. The zero-order valence-corrected chi connectivity index (χ0v) is 9.66. The van der Waals surface area contributed by atoms with Crippen LogP contribution in [-0.4, -0.2) is 4.98 Å². The van der Waals surface area contributed by atoms with Gasteiger partial charge in [-0.3, -0.25) is 0 Å². The Labute approximate surface area is 103 Å². The second-order valence-corrected chi connectivity index (χ2v) is 3.86. The average Bonchev–Trinajstić information content (AvgIpc) is 2.27. The molecule has 1 aromatic heterocycles. The van der Waals surface area contributed by atoms with Crippen molar-refractivity contribution in [3.63, 3.8) is 0 Å². The number of pyridine rings is 1. The van der Waals surface area contributed by atoms with Gasteiger partial charge in [-0.2, -0.15) is 4.98 Å². The van der Waals surface area contributed by atoms with Crippen molar-refractivity contribution in [2.24, 2.45) is 0 Å². The number of hydrogen-bond donors (Lipinski definition) is 1. The third kappa shape index (κ3) is 2.38. The van der Waals surface area contributed by atoms with E-state index in [1.54, 1.807) is 24.3 Å². The molecular weight excluding hydrogens is 247 g/mol. The number of nitrogens with two attached hydrogens (primary N) is 1. The van der Waals surface area contributed by atoms with Crippen LogP contribution in [0.25, 0.3) is 0 Å². The number of anilines is 1. The standard InChI is InChI=1S/C11H8Cl2N2O/c12-7-3-1-2-4-9(7)16-11-8(14)5-6-10(13)15-11/h1-6H,14H2. The molecule has 0 aliphatic heterocycles. The molecule has 2 rings (SSSR count). The first-order valence-electron chi connectivity index (χ1n) is 4.51. The van der Waals surface area contributed by atoms with Crippen LogP contribution in [0.5, 0.6) is 11.6 Å². The summed E-state index contributed by atoms with van der Waals surface area (Å²) in [7, 11) is 0. The van der Waals surface area contributed by atoms with Gasteiger partial charge >= 0.3 is 0 Å². The van der Waals surface area contributed by atoms with Gasteiger partial charge in [-0.05, 0) is 24.3 Å². The maximum absolute atomic E-state index is 5.94. The number of ether oxygens (including phenoxy) is 1. The monoisotopic (exact) mass is 254 g/mol. The lowest BCUT2D eigenvalue weighted by Crippen LogP contribution is -1.95. The molecule has 0 bridgehead atoms. The van der Waals surface area contributed by atoms with Crippen molar-refractivity contribution in [3.05, 3.63) is 46.6 Å². The molecule has 2 N–H and O–H groups in total. The van der Waals surface area contributed by atoms with Crippen molar-refractivity contribution < 1.29 is 4.74 Å². The van der Waals surface area contributed by atoms with Crippen LogP contribution >= 0.6 is 23.2 Å². The molecule has 0 fully saturated rings. The highest BCUT2D eigenvalue weighted by molar-refractivity contribution is 6.32. The van der Waals surface area contributed by atoms with Crippen LogP contribution in [0.2, 0.25) is 10.2 Å². The van der Waals surface area contributed by atoms with Crippen molar-refractivity contribution in [1.29, 1.82) is 0 Å². The fourth-order valence-electron chi connectivity index (χ4n) is 1.14. The van der Waals surface area contributed by atoms with Gasteiger partial charge in [-0.15, -0.1) is 0 Å². The normalized spacial score (nSPS) is 10.1. The molecule has 3 nitrogen and oxygen atoms in total. The molecule has 0 aliphatic carbocycles. The minimum atomic E-state index is 0.251. The smallest absolute Gasteiger partial charge is 0.244 e. The SMILES string of the molecule is Nc1ccc(Cl)nc1Oc1ccccc1Cl. The Morgan fingerprint density at radius 2 is 1.81 bits per heavy atom. The number of rotatable bonds is 2. The van der Waals surface area contributed by atoms with Crippen LogP contribution in [0.3, 0.4) is 0 Å². The van der Waals surface area contributed by atoms with E-state index < -0.39 is 0 Å². The van der Waals surface area contributed by atoms with Gasteiger partial charge in [0.05, 0.1) is 10.7 Å². The summed E-state index contributed by atoms with van der Waals surface area (Å²) in [5, 5.41) is 0.805. The van der Waals surface area contributed by atoms with E-state index in [0.717, 1.165) is 0 Å². The van der Waals surface area contributed by atoms with E-state index in [4.69, 9.17) is 33.7 Å². The van der Waals surface area contributed by atoms with Crippen molar-refractivity contribution in [2.45, 2.75) is 0 Å². The number of halogens is 2. The first-order valence-corrected chi connectivity index (χ1v) is 5.27. The lowest BCUT2D eigenvalue weighted by atomic mass is 10.3.